The van der Waals surface area contributed by atoms with Crippen molar-refractivity contribution in [3.8, 4) is 0 Å². The Bertz CT molecular complexity index is 819. The summed E-state index contributed by atoms with van der Waals surface area (Å²) in [6.45, 7) is 2.03. The normalized spacial score (nSPS) is 20.0. The number of hydrogen-bond acceptors (Lipinski definition) is 3. The molecule has 0 heterocycles. The number of allylic oxidation sites excluding steroid dienone is 3. The third-order valence-electron chi connectivity index (χ3n) is 4.55. The molecule has 0 fully saturated rings. The van der Waals surface area contributed by atoms with Gasteiger partial charge < -0.3 is 4.74 Å². The van der Waals surface area contributed by atoms with Crippen LogP contribution in [0.15, 0.2) is 78.4 Å². The van der Waals surface area contributed by atoms with Crippen LogP contribution in [0, 0.1) is 5.92 Å². The Kier molecular flexibility index (Phi) is 5.80. The number of esters is 1. The Morgan fingerprint density at radius 3 is 2.35 bits per heavy atom. The van der Waals surface area contributed by atoms with Gasteiger partial charge in [-0.2, -0.15) is 0 Å². The van der Waals surface area contributed by atoms with Gasteiger partial charge in [-0.1, -0.05) is 72.8 Å². The standard InChI is InChI=1S/C23H22O3/c1-2-26-23(25)22-20(19-11-7-4-8-12-19)15-18(16-21(22)24)14-13-17-9-5-3-6-10-17/h3-14,16,20,22H,2,15H2,1H3/b14-13-/t20-,22-/m1/s1. The second kappa shape index (κ2) is 8.43. The molecule has 0 aromatic heterocycles. The van der Waals surface area contributed by atoms with Crippen molar-refractivity contribution >= 4 is 17.8 Å². The molecular weight excluding hydrogens is 324 g/mol. The van der Waals surface area contributed by atoms with Gasteiger partial charge in [-0.25, -0.2) is 0 Å². The zero-order valence-corrected chi connectivity index (χ0v) is 14.8. The van der Waals surface area contributed by atoms with E-state index in [0.717, 1.165) is 16.7 Å². The lowest BCUT2D eigenvalue weighted by Gasteiger charge is -2.28. The number of ketones is 1. The number of carbonyl (C=O) groups excluding carboxylic acids is 2. The fraction of sp³-hybridized carbons (Fsp3) is 0.217. The lowest BCUT2D eigenvalue weighted by Crippen LogP contribution is -2.34. The molecule has 2 aromatic carbocycles. The molecule has 3 rings (SSSR count). The molecule has 3 heteroatoms. The van der Waals surface area contributed by atoms with Crippen molar-refractivity contribution in [1.29, 1.82) is 0 Å². The van der Waals surface area contributed by atoms with Crippen LogP contribution in [0.3, 0.4) is 0 Å². The third-order valence-corrected chi connectivity index (χ3v) is 4.55. The first-order chi connectivity index (χ1) is 12.7. The predicted octanol–water partition coefficient (Wildman–Crippen LogP) is 4.56. The van der Waals surface area contributed by atoms with E-state index in [1.807, 2.05) is 72.8 Å². The van der Waals surface area contributed by atoms with Gasteiger partial charge in [0.1, 0.15) is 5.92 Å². The molecule has 0 bridgehead atoms. The van der Waals surface area contributed by atoms with E-state index in [9.17, 15) is 9.59 Å². The van der Waals surface area contributed by atoms with Crippen molar-refractivity contribution in [3.63, 3.8) is 0 Å². The average molecular weight is 346 g/mol. The van der Waals surface area contributed by atoms with Crippen LogP contribution < -0.4 is 0 Å². The highest BCUT2D eigenvalue weighted by Gasteiger charge is 2.38. The van der Waals surface area contributed by atoms with E-state index >= 15 is 0 Å². The highest BCUT2D eigenvalue weighted by Crippen LogP contribution is 2.37. The molecule has 0 unspecified atom stereocenters. The van der Waals surface area contributed by atoms with Crippen molar-refractivity contribution in [2.24, 2.45) is 5.92 Å². The highest BCUT2D eigenvalue weighted by molar-refractivity contribution is 6.07. The van der Waals surface area contributed by atoms with Crippen molar-refractivity contribution < 1.29 is 14.3 Å². The summed E-state index contributed by atoms with van der Waals surface area (Å²) in [5.74, 6) is -1.60. The summed E-state index contributed by atoms with van der Waals surface area (Å²) in [4.78, 5) is 25.1. The Morgan fingerprint density at radius 2 is 1.69 bits per heavy atom. The van der Waals surface area contributed by atoms with E-state index in [1.54, 1.807) is 13.0 Å². The highest BCUT2D eigenvalue weighted by atomic mass is 16.5. The van der Waals surface area contributed by atoms with Gasteiger partial charge in [0.2, 0.25) is 0 Å². The van der Waals surface area contributed by atoms with Gasteiger partial charge in [0.15, 0.2) is 5.78 Å². The van der Waals surface area contributed by atoms with Crippen LogP contribution in [0.25, 0.3) is 6.08 Å². The summed E-state index contributed by atoms with van der Waals surface area (Å²) >= 11 is 0. The van der Waals surface area contributed by atoms with E-state index in [2.05, 4.69) is 0 Å². The summed E-state index contributed by atoms with van der Waals surface area (Å²) in [6.07, 6.45) is 6.17. The molecule has 0 aliphatic heterocycles. The topological polar surface area (TPSA) is 43.4 Å². The van der Waals surface area contributed by atoms with Crippen molar-refractivity contribution in [3.05, 3.63) is 89.5 Å². The number of benzene rings is 2. The maximum Gasteiger partial charge on any atom is 0.317 e. The molecule has 1 aliphatic carbocycles. The van der Waals surface area contributed by atoms with Gasteiger partial charge >= 0.3 is 5.97 Å². The monoisotopic (exact) mass is 346 g/mol. The molecule has 2 atom stereocenters. The first-order valence-corrected chi connectivity index (χ1v) is 8.88. The minimum Gasteiger partial charge on any atom is -0.465 e. The molecule has 26 heavy (non-hydrogen) atoms. The summed E-state index contributed by atoms with van der Waals surface area (Å²) in [6, 6.07) is 19.7. The summed E-state index contributed by atoms with van der Waals surface area (Å²) < 4.78 is 5.16. The maximum absolute atomic E-state index is 12.7. The molecule has 1 aliphatic rings. The van der Waals surface area contributed by atoms with Gasteiger partial charge in [0.05, 0.1) is 6.61 Å². The summed E-state index contributed by atoms with van der Waals surface area (Å²) in [5, 5.41) is 0. The lowest BCUT2D eigenvalue weighted by atomic mass is 9.75. The molecule has 0 amide bonds. The van der Waals surface area contributed by atoms with Crippen LogP contribution in [0.5, 0.6) is 0 Å². The molecule has 3 nitrogen and oxygen atoms in total. The van der Waals surface area contributed by atoms with Crippen molar-refractivity contribution in [1.82, 2.24) is 0 Å². The number of rotatable bonds is 5. The largest absolute Gasteiger partial charge is 0.465 e. The van der Waals surface area contributed by atoms with Crippen LogP contribution >= 0.6 is 0 Å². The van der Waals surface area contributed by atoms with Gasteiger partial charge in [-0.3, -0.25) is 9.59 Å². The van der Waals surface area contributed by atoms with Crippen molar-refractivity contribution in [2.75, 3.05) is 6.61 Å². The Labute approximate surface area is 154 Å². The van der Waals surface area contributed by atoms with Gasteiger partial charge in [-0.15, -0.1) is 0 Å². The number of hydrogen-bond donors (Lipinski definition) is 0. The van der Waals surface area contributed by atoms with E-state index < -0.39 is 11.9 Å². The number of carbonyl (C=O) groups is 2. The van der Waals surface area contributed by atoms with Crippen LogP contribution in [-0.4, -0.2) is 18.4 Å². The smallest absolute Gasteiger partial charge is 0.317 e. The Balaban J connectivity index is 1.90. The SMILES string of the molecule is CCOC(=O)[C@H]1C(=O)C=C(/C=C\c2ccccc2)C[C@@H]1c1ccccc1. The summed E-state index contributed by atoms with van der Waals surface area (Å²) in [5.41, 5.74) is 2.98. The zero-order chi connectivity index (χ0) is 18.4. The molecule has 0 radical (unpaired) electrons. The predicted molar refractivity (Wildman–Crippen MR) is 102 cm³/mol. The van der Waals surface area contributed by atoms with E-state index in [1.165, 1.54) is 0 Å². The Morgan fingerprint density at radius 1 is 1.04 bits per heavy atom. The fourth-order valence-corrected chi connectivity index (χ4v) is 3.31. The van der Waals surface area contributed by atoms with Crippen LogP contribution in [0.4, 0.5) is 0 Å². The molecule has 0 saturated heterocycles. The van der Waals surface area contributed by atoms with Crippen LogP contribution in [-0.2, 0) is 14.3 Å². The molecule has 0 saturated carbocycles. The summed E-state index contributed by atoms with van der Waals surface area (Å²) in [7, 11) is 0. The van der Waals surface area contributed by atoms with E-state index in [0.29, 0.717) is 6.42 Å². The lowest BCUT2D eigenvalue weighted by molar-refractivity contribution is -0.151. The van der Waals surface area contributed by atoms with Crippen LogP contribution in [0.1, 0.15) is 30.4 Å². The minimum atomic E-state index is -0.772. The zero-order valence-electron chi connectivity index (χ0n) is 14.8. The molecule has 0 spiro atoms. The first-order valence-electron chi connectivity index (χ1n) is 8.88. The van der Waals surface area contributed by atoms with Crippen molar-refractivity contribution in [2.45, 2.75) is 19.3 Å². The fourth-order valence-electron chi connectivity index (χ4n) is 3.31. The second-order valence-electron chi connectivity index (χ2n) is 6.32. The number of ether oxygens (including phenoxy) is 1. The molecule has 0 N–H and O–H groups in total. The Hall–Kier alpha value is -2.94. The second-order valence-corrected chi connectivity index (χ2v) is 6.32. The first kappa shape index (κ1) is 17.9. The van der Waals surface area contributed by atoms with Crippen LogP contribution in [0.2, 0.25) is 0 Å². The molecule has 2 aromatic rings. The minimum absolute atomic E-state index is 0.184. The van der Waals surface area contributed by atoms with E-state index in [4.69, 9.17) is 4.74 Å². The maximum atomic E-state index is 12.7. The van der Waals surface area contributed by atoms with Gasteiger partial charge in [0, 0.05) is 5.92 Å². The average Bonchev–Trinajstić information content (AvgIpc) is 2.67. The van der Waals surface area contributed by atoms with Gasteiger partial charge in [0.25, 0.3) is 0 Å². The molecule has 132 valence electrons. The quantitative estimate of drug-likeness (QED) is 0.589. The van der Waals surface area contributed by atoms with E-state index in [-0.39, 0.29) is 18.3 Å². The van der Waals surface area contributed by atoms with Gasteiger partial charge in [-0.05, 0) is 36.1 Å². The third kappa shape index (κ3) is 4.17. The molecular formula is C23H22O3.